The standard InChI is InChI=1S/C19H17ClN2O4/c1-12-4-3-5-13(2)18(12)25-11-17(23)24-10-16-21-19(22-26-16)14-6-8-15(20)9-7-14/h3-9H,10-11H2,1-2H3. The van der Waals surface area contributed by atoms with E-state index in [9.17, 15) is 4.79 Å². The highest BCUT2D eigenvalue weighted by molar-refractivity contribution is 6.30. The molecule has 134 valence electrons. The number of hydrogen-bond acceptors (Lipinski definition) is 6. The number of carbonyl (C=O) groups excluding carboxylic acids is 1. The van der Waals surface area contributed by atoms with Gasteiger partial charge in [-0.2, -0.15) is 4.98 Å². The molecule has 0 aliphatic rings. The predicted octanol–water partition coefficient (Wildman–Crippen LogP) is 4.13. The van der Waals surface area contributed by atoms with Crippen LogP contribution in [0.3, 0.4) is 0 Å². The highest BCUT2D eigenvalue weighted by Gasteiger charge is 2.12. The number of benzene rings is 2. The first-order valence-electron chi connectivity index (χ1n) is 7.96. The van der Waals surface area contributed by atoms with Crippen molar-refractivity contribution in [2.45, 2.75) is 20.5 Å². The zero-order chi connectivity index (χ0) is 18.5. The van der Waals surface area contributed by atoms with Crippen molar-refractivity contribution in [2.75, 3.05) is 6.61 Å². The molecule has 0 spiro atoms. The van der Waals surface area contributed by atoms with E-state index in [-0.39, 0.29) is 19.1 Å². The largest absolute Gasteiger partial charge is 0.481 e. The zero-order valence-electron chi connectivity index (χ0n) is 14.4. The molecule has 0 radical (unpaired) electrons. The Balaban J connectivity index is 1.53. The molecular formula is C19H17ClN2O4. The molecule has 1 aromatic heterocycles. The first-order valence-corrected chi connectivity index (χ1v) is 8.34. The van der Waals surface area contributed by atoms with Crippen LogP contribution in [0.15, 0.2) is 47.0 Å². The third-order valence-electron chi connectivity index (χ3n) is 3.67. The molecule has 3 rings (SSSR count). The molecule has 1 heterocycles. The molecule has 26 heavy (non-hydrogen) atoms. The van der Waals surface area contributed by atoms with Gasteiger partial charge in [0.1, 0.15) is 5.75 Å². The average molecular weight is 373 g/mol. The van der Waals surface area contributed by atoms with Gasteiger partial charge in [0.25, 0.3) is 5.89 Å². The summed E-state index contributed by atoms with van der Waals surface area (Å²) in [5, 5.41) is 4.48. The van der Waals surface area contributed by atoms with Gasteiger partial charge in [0.2, 0.25) is 5.82 Å². The minimum atomic E-state index is -0.515. The summed E-state index contributed by atoms with van der Waals surface area (Å²) in [4.78, 5) is 16.1. The normalized spacial score (nSPS) is 10.6. The first kappa shape index (κ1) is 17.9. The number of aryl methyl sites for hydroxylation is 2. The summed E-state index contributed by atoms with van der Waals surface area (Å²) < 4.78 is 15.8. The number of carbonyl (C=O) groups is 1. The molecular weight excluding hydrogens is 356 g/mol. The third-order valence-corrected chi connectivity index (χ3v) is 3.92. The second-order valence-electron chi connectivity index (χ2n) is 5.69. The van der Waals surface area contributed by atoms with Crippen molar-refractivity contribution >= 4 is 17.6 Å². The quantitative estimate of drug-likeness (QED) is 0.606. The van der Waals surface area contributed by atoms with E-state index in [0.717, 1.165) is 16.7 Å². The van der Waals surface area contributed by atoms with E-state index in [0.29, 0.717) is 16.6 Å². The lowest BCUT2D eigenvalue weighted by Gasteiger charge is -2.10. The van der Waals surface area contributed by atoms with E-state index in [1.165, 1.54) is 0 Å². The lowest BCUT2D eigenvalue weighted by Crippen LogP contribution is -2.15. The second-order valence-corrected chi connectivity index (χ2v) is 6.13. The lowest BCUT2D eigenvalue weighted by molar-refractivity contribution is -0.148. The Bertz CT molecular complexity index is 886. The summed E-state index contributed by atoms with van der Waals surface area (Å²) in [5.74, 6) is 0.779. The fraction of sp³-hybridized carbons (Fsp3) is 0.211. The SMILES string of the molecule is Cc1cccc(C)c1OCC(=O)OCc1nc(-c2ccc(Cl)cc2)no1. The van der Waals surface area contributed by atoms with E-state index >= 15 is 0 Å². The van der Waals surface area contributed by atoms with Crippen molar-refractivity contribution in [3.05, 3.63) is 64.5 Å². The number of rotatable bonds is 6. The summed E-state index contributed by atoms with van der Waals surface area (Å²) in [6, 6.07) is 12.8. The minimum Gasteiger partial charge on any atom is -0.481 e. The van der Waals surface area contributed by atoms with E-state index in [1.54, 1.807) is 24.3 Å². The van der Waals surface area contributed by atoms with Crippen molar-refractivity contribution in [3.8, 4) is 17.1 Å². The van der Waals surface area contributed by atoms with Gasteiger partial charge in [-0.25, -0.2) is 4.79 Å². The summed E-state index contributed by atoms with van der Waals surface area (Å²) in [6.07, 6.45) is 0. The van der Waals surface area contributed by atoms with Crippen molar-refractivity contribution < 1.29 is 18.8 Å². The van der Waals surface area contributed by atoms with Gasteiger partial charge < -0.3 is 14.0 Å². The topological polar surface area (TPSA) is 74.5 Å². The molecule has 0 atom stereocenters. The molecule has 0 unspecified atom stereocenters. The van der Waals surface area contributed by atoms with Crippen LogP contribution in [0.25, 0.3) is 11.4 Å². The molecule has 0 fully saturated rings. The number of hydrogen-bond donors (Lipinski definition) is 0. The van der Waals surface area contributed by atoms with Gasteiger partial charge in [-0.15, -0.1) is 0 Å². The molecule has 0 bridgehead atoms. The van der Waals surface area contributed by atoms with E-state index < -0.39 is 5.97 Å². The summed E-state index contributed by atoms with van der Waals surface area (Å²) in [6.45, 7) is 3.54. The van der Waals surface area contributed by atoms with Gasteiger partial charge in [-0.1, -0.05) is 35.0 Å². The highest BCUT2D eigenvalue weighted by Crippen LogP contribution is 2.22. The Morgan fingerprint density at radius 3 is 2.50 bits per heavy atom. The Morgan fingerprint density at radius 1 is 1.12 bits per heavy atom. The fourth-order valence-electron chi connectivity index (χ4n) is 2.37. The summed E-state index contributed by atoms with van der Waals surface area (Å²) >= 11 is 5.85. The van der Waals surface area contributed by atoms with Crippen LogP contribution in [0, 0.1) is 13.8 Å². The smallest absolute Gasteiger partial charge is 0.344 e. The van der Waals surface area contributed by atoms with Crippen LogP contribution in [0.1, 0.15) is 17.0 Å². The molecule has 0 saturated carbocycles. The van der Waals surface area contributed by atoms with Crippen molar-refractivity contribution in [1.82, 2.24) is 10.1 Å². The van der Waals surface area contributed by atoms with Gasteiger partial charge in [-0.05, 0) is 49.2 Å². The monoisotopic (exact) mass is 372 g/mol. The van der Waals surface area contributed by atoms with Gasteiger partial charge in [0.15, 0.2) is 13.2 Å². The van der Waals surface area contributed by atoms with Crippen LogP contribution in [-0.4, -0.2) is 22.7 Å². The second kappa shape index (κ2) is 8.01. The number of nitrogens with zero attached hydrogens (tertiary/aromatic N) is 2. The summed E-state index contributed by atoms with van der Waals surface area (Å²) in [7, 11) is 0. The third kappa shape index (κ3) is 4.40. The zero-order valence-corrected chi connectivity index (χ0v) is 15.1. The fourth-order valence-corrected chi connectivity index (χ4v) is 2.50. The molecule has 0 aliphatic carbocycles. The first-order chi connectivity index (χ1) is 12.5. The minimum absolute atomic E-state index is 0.116. The van der Waals surface area contributed by atoms with Crippen LogP contribution >= 0.6 is 11.6 Å². The van der Waals surface area contributed by atoms with E-state index in [4.69, 9.17) is 25.6 Å². The molecule has 0 saturated heterocycles. The molecule has 3 aromatic rings. The van der Waals surface area contributed by atoms with Crippen LogP contribution in [0.2, 0.25) is 5.02 Å². The van der Waals surface area contributed by atoms with Gasteiger partial charge in [-0.3, -0.25) is 0 Å². The van der Waals surface area contributed by atoms with E-state index in [2.05, 4.69) is 10.1 Å². The molecule has 6 nitrogen and oxygen atoms in total. The Labute approximate surface area is 155 Å². The number of para-hydroxylation sites is 1. The number of esters is 1. The van der Waals surface area contributed by atoms with Crippen LogP contribution in [0.5, 0.6) is 5.75 Å². The summed E-state index contributed by atoms with van der Waals surface area (Å²) in [5.41, 5.74) is 2.68. The number of halogens is 1. The van der Waals surface area contributed by atoms with Crippen molar-refractivity contribution in [3.63, 3.8) is 0 Å². The Hall–Kier alpha value is -2.86. The lowest BCUT2D eigenvalue weighted by atomic mass is 10.1. The van der Waals surface area contributed by atoms with E-state index in [1.807, 2.05) is 32.0 Å². The number of aromatic nitrogens is 2. The average Bonchev–Trinajstić information content (AvgIpc) is 3.09. The Morgan fingerprint density at radius 2 is 1.81 bits per heavy atom. The molecule has 0 N–H and O–H groups in total. The predicted molar refractivity (Wildman–Crippen MR) is 96.0 cm³/mol. The van der Waals surface area contributed by atoms with Crippen LogP contribution in [-0.2, 0) is 16.1 Å². The number of ether oxygens (including phenoxy) is 2. The maximum atomic E-state index is 11.9. The van der Waals surface area contributed by atoms with Crippen molar-refractivity contribution in [1.29, 1.82) is 0 Å². The van der Waals surface area contributed by atoms with Crippen LogP contribution in [0.4, 0.5) is 0 Å². The van der Waals surface area contributed by atoms with Gasteiger partial charge in [0.05, 0.1) is 0 Å². The van der Waals surface area contributed by atoms with Gasteiger partial charge in [0, 0.05) is 10.6 Å². The molecule has 7 heteroatoms. The van der Waals surface area contributed by atoms with Crippen LogP contribution < -0.4 is 4.74 Å². The maximum absolute atomic E-state index is 11.9. The molecule has 0 aliphatic heterocycles. The highest BCUT2D eigenvalue weighted by atomic mass is 35.5. The van der Waals surface area contributed by atoms with Crippen molar-refractivity contribution in [2.24, 2.45) is 0 Å². The molecule has 2 aromatic carbocycles. The van der Waals surface area contributed by atoms with Gasteiger partial charge >= 0.3 is 5.97 Å². The Kier molecular flexibility index (Phi) is 5.53. The molecule has 0 amide bonds. The maximum Gasteiger partial charge on any atom is 0.344 e.